The number of epoxide rings is 1. The Morgan fingerprint density at radius 1 is 1.08 bits per heavy atom. The molecule has 1 aromatic rings. The zero-order valence-electron chi connectivity index (χ0n) is 6.20. The molecule has 1 saturated heterocycles. The van der Waals surface area contributed by atoms with Gasteiger partial charge < -0.3 is 4.74 Å². The molecule has 13 heavy (non-hydrogen) atoms. The molecule has 1 unspecified atom stereocenters. The highest BCUT2D eigenvalue weighted by Crippen LogP contribution is 2.35. The first kappa shape index (κ1) is 8.50. The van der Waals surface area contributed by atoms with Crippen LogP contribution in [-0.2, 0) is 4.74 Å². The summed E-state index contributed by atoms with van der Waals surface area (Å²) in [7, 11) is 0. The molecule has 69 valence electrons. The number of halogens is 4. The van der Waals surface area contributed by atoms with Crippen molar-refractivity contribution in [3.8, 4) is 0 Å². The zero-order chi connectivity index (χ0) is 9.59. The van der Waals surface area contributed by atoms with E-state index >= 15 is 0 Å². The lowest BCUT2D eigenvalue weighted by molar-refractivity contribution is 0.377. The molecule has 0 amide bonds. The van der Waals surface area contributed by atoms with Gasteiger partial charge in [0.15, 0.2) is 23.3 Å². The predicted molar refractivity (Wildman–Crippen MR) is 33.8 cm³/mol. The van der Waals surface area contributed by atoms with Crippen molar-refractivity contribution in [3.05, 3.63) is 34.9 Å². The van der Waals surface area contributed by atoms with Crippen molar-refractivity contribution in [2.24, 2.45) is 0 Å². The van der Waals surface area contributed by atoms with E-state index in [-0.39, 0.29) is 6.61 Å². The number of rotatable bonds is 1. The number of benzene rings is 1. The van der Waals surface area contributed by atoms with Gasteiger partial charge in [-0.25, -0.2) is 17.6 Å². The first-order valence-electron chi connectivity index (χ1n) is 3.48. The fourth-order valence-electron chi connectivity index (χ4n) is 1.04. The van der Waals surface area contributed by atoms with Gasteiger partial charge in [0.2, 0.25) is 0 Å². The Labute approximate surface area is 70.9 Å². The summed E-state index contributed by atoms with van der Waals surface area (Å²) in [5.74, 6) is -5.91. The average Bonchev–Trinajstić information content (AvgIpc) is 2.85. The monoisotopic (exact) mass is 191 g/mol. The summed E-state index contributed by atoms with van der Waals surface area (Å²) in [6.45, 7) is 0.0801. The molecule has 1 aliphatic heterocycles. The minimum Gasteiger partial charge on any atom is -0.368 e. The fourth-order valence-corrected chi connectivity index (χ4v) is 1.04. The van der Waals surface area contributed by atoms with Gasteiger partial charge in [-0.3, -0.25) is 0 Å². The molecule has 0 aliphatic carbocycles. The van der Waals surface area contributed by atoms with Crippen LogP contribution in [0.5, 0.6) is 0 Å². The molecule has 1 fully saturated rings. The maximum Gasteiger partial charge on any atom is 0.170 e. The number of hydrogen-bond donors (Lipinski definition) is 0. The molecule has 0 bridgehead atoms. The van der Waals surface area contributed by atoms with Crippen molar-refractivity contribution in [1.29, 1.82) is 0 Å². The Morgan fingerprint density at radius 2 is 1.54 bits per heavy atom. The highest BCUT2D eigenvalue weighted by molar-refractivity contribution is 5.26. The third-order valence-corrected chi connectivity index (χ3v) is 1.73. The predicted octanol–water partition coefficient (Wildman–Crippen LogP) is 2.11. The second kappa shape index (κ2) is 2.70. The van der Waals surface area contributed by atoms with E-state index in [4.69, 9.17) is 0 Å². The lowest BCUT2D eigenvalue weighted by Gasteiger charge is -2.02. The Kier molecular flexibility index (Phi) is 1.76. The van der Waals surface area contributed by atoms with Gasteiger partial charge in [-0.15, -0.1) is 0 Å². The molecular weight excluding hydrogens is 188 g/mol. The van der Waals surface area contributed by atoms with Crippen LogP contribution >= 0.6 is 0 Å². The second-order valence-electron chi connectivity index (χ2n) is 2.62. The summed E-state index contributed by atoms with van der Waals surface area (Å²) in [5, 5.41) is 0. The zero-order valence-corrected chi connectivity index (χ0v) is 6.20. The molecule has 0 N–H and O–H groups in total. The molecule has 1 heterocycles. The first-order valence-corrected chi connectivity index (χ1v) is 3.48. The molecule has 2 rings (SSSR count). The molecule has 1 nitrogen and oxygen atoms in total. The molecule has 0 saturated carbocycles. The quantitative estimate of drug-likeness (QED) is 0.376. The minimum atomic E-state index is -1.52. The summed E-state index contributed by atoms with van der Waals surface area (Å²) in [5.41, 5.74) is -0.686. The summed E-state index contributed by atoms with van der Waals surface area (Å²) < 4.78 is 55.3. The third-order valence-electron chi connectivity index (χ3n) is 1.73. The van der Waals surface area contributed by atoms with Crippen LogP contribution in [0.4, 0.5) is 17.6 Å². The highest BCUT2D eigenvalue weighted by atomic mass is 19.2. The molecular formula is C8H3F4O. The Bertz CT molecular complexity index is 333. The number of hydrogen-bond acceptors (Lipinski definition) is 1. The van der Waals surface area contributed by atoms with Crippen LogP contribution in [0, 0.1) is 29.3 Å². The van der Waals surface area contributed by atoms with E-state index < -0.39 is 34.9 Å². The van der Waals surface area contributed by atoms with Gasteiger partial charge in [0.05, 0.1) is 18.2 Å². The van der Waals surface area contributed by atoms with Crippen molar-refractivity contribution < 1.29 is 22.3 Å². The molecule has 5 heteroatoms. The van der Waals surface area contributed by atoms with Crippen LogP contribution in [0.1, 0.15) is 11.7 Å². The second-order valence-corrected chi connectivity index (χ2v) is 2.62. The summed E-state index contributed by atoms with van der Waals surface area (Å²) in [6.07, 6.45) is -0.862. The van der Waals surface area contributed by atoms with Crippen LogP contribution in [0.25, 0.3) is 0 Å². The van der Waals surface area contributed by atoms with Crippen LogP contribution < -0.4 is 0 Å². The standard InChI is InChI=1S/C8H3F4O/c9-3-1-4(10)8(12)6(7(3)11)5-2-13-5/h5H,2H2. The molecule has 0 spiro atoms. The smallest absolute Gasteiger partial charge is 0.170 e. The van der Waals surface area contributed by atoms with Gasteiger partial charge in [-0.2, -0.15) is 0 Å². The van der Waals surface area contributed by atoms with Crippen molar-refractivity contribution >= 4 is 0 Å². The van der Waals surface area contributed by atoms with Crippen LogP contribution in [0.2, 0.25) is 0 Å². The van der Waals surface area contributed by atoms with Crippen molar-refractivity contribution in [2.45, 2.75) is 6.10 Å². The van der Waals surface area contributed by atoms with Crippen molar-refractivity contribution in [1.82, 2.24) is 0 Å². The molecule has 1 radical (unpaired) electrons. The van der Waals surface area contributed by atoms with Crippen LogP contribution in [0.3, 0.4) is 0 Å². The van der Waals surface area contributed by atoms with E-state index in [9.17, 15) is 17.6 Å². The van der Waals surface area contributed by atoms with Gasteiger partial charge in [-0.05, 0) is 0 Å². The fraction of sp³-hybridized carbons (Fsp3) is 0.250. The van der Waals surface area contributed by atoms with Gasteiger partial charge in [0.1, 0.15) is 6.10 Å². The summed E-state index contributed by atoms with van der Waals surface area (Å²) in [4.78, 5) is 0. The largest absolute Gasteiger partial charge is 0.368 e. The Morgan fingerprint density at radius 3 is 1.92 bits per heavy atom. The molecule has 1 aliphatic rings. The van der Waals surface area contributed by atoms with E-state index in [2.05, 4.69) is 4.74 Å². The normalized spacial score (nSPS) is 20.5. The molecule has 0 aromatic heterocycles. The topological polar surface area (TPSA) is 12.5 Å². The van der Waals surface area contributed by atoms with Crippen molar-refractivity contribution in [3.63, 3.8) is 0 Å². The highest BCUT2D eigenvalue weighted by Gasteiger charge is 2.34. The molecule has 1 aromatic carbocycles. The average molecular weight is 191 g/mol. The SMILES string of the molecule is Fc1[c]c(F)c(F)c(C2CO2)c1F. The maximum atomic E-state index is 12.8. The van der Waals surface area contributed by atoms with E-state index in [0.717, 1.165) is 0 Å². The van der Waals surface area contributed by atoms with E-state index in [1.165, 1.54) is 6.07 Å². The lowest BCUT2D eigenvalue weighted by Crippen LogP contribution is -2.01. The third kappa shape index (κ3) is 1.29. The van der Waals surface area contributed by atoms with Gasteiger partial charge in [0, 0.05) is 0 Å². The van der Waals surface area contributed by atoms with Crippen molar-refractivity contribution in [2.75, 3.05) is 6.61 Å². The van der Waals surface area contributed by atoms with E-state index in [1.54, 1.807) is 0 Å². The Balaban J connectivity index is 2.62. The van der Waals surface area contributed by atoms with Crippen LogP contribution in [-0.4, -0.2) is 6.61 Å². The first-order chi connectivity index (χ1) is 6.11. The minimum absolute atomic E-state index is 0.0801. The van der Waals surface area contributed by atoms with Crippen LogP contribution in [0.15, 0.2) is 0 Å². The molecule has 1 atom stereocenters. The van der Waals surface area contributed by atoms with Gasteiger partial charge >= 0.3 is 0 Å². The van der Waals surface area contributed by atoms with Gasteiger partial charge in [-0.1, -0.05) is 0 Å². The van der Waals surface area contributed by atoms with Gasteiger partial charge in [0.25, 0.3) is 0 Å². The van der Waals surface area contributed by atoms with E-state index in [0.29, 0.717) is 0 Å². The Hall–Kier alpha value is -1.10. The van der Waals surface area contributed by atoms with E-state index in [1.807, 2.05) is 0 Å². The number of ether oxygens (including phenoxy) is 1. The maximum absolute atomic E-state index is 12.8. The lowest BCUT2D eigenvalue weighted by atomic mass is 10.1. The summed E-state index contributed by atoms with van der Waals surface area (Å²) in [6, 6.07) is 1.29. The summed E-state index contributed by atoms with van der Waals surface area (Å²) >= 11 is 0.